The van der Waals surface area contributed by atoms with Gasteiger partial charge in [0.1, 0.15) is 12.4 Å². The molecule has 1 aliphatic rings. The van der Waals surface area contributed by atoms with Crippen LogP contribution in [0.15, 0.2) is 41.9 Å². The molecule has 1 N–H and O–H groups in total. The third-order valence-electron chi connectivity index (χ3n) is 3.52. The summed E-state index contributed by atoms with van der Waals surface area (Å²) in [6.07, 6.45) is 1.24. The average molecular weight is 333 g/mol. The van der Waals surface area contributed by atoms with Crippen molar-refractivity contribution in [3.63, 3.8) is 0 Å². The Morgan fingerprint density at radius 1 is 1.43 bits per heavy atom. The zero-order valence-corrected chi connectivity index (χ0v) is 13.8. The van der Waals surface area contributed by atoms with E-state index in [9.17, 15) is 4.79 Å². The topological polar surface area (TPSA) is 69.0 Å². The lowest BCUT2D eigenvalue weighted by molar-refractivity contribution is -0.143. The fourth-order valence-electron chi connectivity index (χ4n) is 2.62. The molecular weight excluding hydrogens is 316 g/mol. The minimum absolute atomic E-state index is 0.208. The molecular formula is C16H17ClN4O2. The number of hydrogen-bond donors (Lipinski definition) is 1. The summed E-state index contributed by atoms with van der Waals surface area (Å²) in [6.45, 7) is 5.46. The second kappa shape index (κ2) is 6.04. The number of nitrogens with one attached hydrogen (secondary N) is 1. The van der Waals surface area contributed by atoms with Gasteiger partial charge in [-0.05, 0) is 38.5 Å². The molecule has 7 heteroatoms. The van der Waals surface area contributed by atoms with Gasteiger partial charge in [0.2, 0.25) is 5.95 Å². The fraction of sp³-hybridized carbons (Fsp3) is 0.312. The lowest BCUT2D eigenvalue weighted by atomic mass is 9.96. The predicted octanol–water partition coefficient (Wildman–Crippen LogP) is 3.17. The van der Waals surface area contributed by atoms with Crippen molar-refractivity contribution < 1.29 is 9.53 Å². The number of hydrogen-bond acceptors (Lipinski definition) is 5. The van der Waals surface area contributed by atoms with E-state index in [0.717, 1.165) is 5.56 Å². The third-order valence-corrected chi connectivity index (χ3v) is 3.76. The highest BCUT2D eigenvalue weighted by Gasteiger charge is 2.34. The smallest absolute Gasteiger partial charge is 0.338 e. The lowest BCUT2D eigenvalue weighted by Crippen LogP contribution is -2.30. The van der Waals surface area contributed by atoms with Gasteiger partial charge in [0, 0.05) is 10.7 Å². The second-order valence-corrected chi connectivity index (χ2v) is 6.04. The van der Waals surface area contributed by atoms with Gasteiger partial charge in [-0.3, -0.25) is 0 Å². The van der Waals surface area contributed by atoms with Crippen LogP contribution in [0.25, 0.3) is 0 Å². The molecule has 3 rings (SSSR count). The van der Waals surface area contributed by atoms with Crippen LogP contribution >= 0.6 is 11.6 Å². The Kier molecular flexibility index (Phi) is 4.09. The Morgan fingerprint density at radius 2 is 2.22 bits per heavy atom. The van der Waals surface area contributed by atoms with E-state index in [-0.39, 0.29) is 12.1 Å². The van der Waals surface area contributed by atoms with Crippen LogP contribution in [0, 0.1) is 0 Å². The number of carbonyl (C=O) groups excluding carboxylic acids is 1. The maximum Gasteiger partial charge on any atom is 0.338 e. The number of benzene rings is 1. The van der Waals surface area contributed by atoms with Crippen molar-refractivity contribution in [2.75, 3.05) is 5.32 Å². The van der Waals surface area contributed by atoms with Gasteiger partial charge in [-0.1, -0.05) is 23.7 Å². The average Bonchev–Trinajstić information content (AvgIpc) is 2.92. The van der Waals surface area contributed by atoms with Crippen molar-refractivity contribution in [1.29, 1.82) is 0 Å². The summed E-state index contributed by atoms with van der Waals surface area (Å²) in [5.41, 5.74) is 2.04. The molecule has 1 aromatic heterocycles. The van der Waals surface area contributed by atoms with E-state index in [1.807, 2.05) is 39.0 Å². The number of nitrogens with zero attached hydrogens (tertiary/aromatic N) is 3. The first-order chi connectivity index (χ1) is 11.0. The first kappa shape index (κ1) is 15.6. The Hall–Kier alpha value is -2.34. The zero-order chi connectivity index (χ0) is 16.6. The minimum atomic E-state index is -0.432. The van der Waals surface area contributed by atoms with Crippen LogP contribution in [0.3, 0.4) is 0 Å². The summed E-state index contributed by atoms with van der Waals surface area (Å²) < 4.78 is 7.06. The van der Waals surface area contributed by atoms with Crippen LogP contribution in [0.2, 0.25) is 5.02 Å². The number of fused-ring (bicyclic) bond motifs is 1. The molecule has 0 saturated heterocycles. The van der Waals surface area contributed by atoms with E-state index in [2.05, 4.69) is 15.4 Å². The number of esters is 1. The van der Waals surface area contributed by atoms with E-state index >= 15 is 0 Å². The first-order valence-corrected chi connectivity index (χ1v) is 7.69. The normalized spacial score (nSPS) is 17.0. The van der Waals surface area contributed by atoms with E-state index in [0.29, 0.717) is 22.2 Å². The Bertz CT molecular complexity index is 782. The monoisotopic (exact) mass is 332 g/mol. The summed E-state index contributed by atoms with van der Waals surface area (Å²) in [6, 6.07) is 6.93. The van der Waals surface area contributed by atoms with Crippen molar-refractivity contribution in [1.82, 2.24) is 14.8 Å². The van der Waals surface area contributed by atoms with Gasteiger partial charge in [-0.15, -0.1) is 0 Å². The highest BCUT2D eigenvalue weighted by molar-refractivity contribution is 6.30. The summed E-state index contributed by atoms with van der Waals surface area (Å²) in [5.74, 6) is 0.199. The molecule has 0 bridgehead atoms. The van der Waals surface area contributed by atoms with Gasteiger partial charge in [0.15, 0.2) is 0 Å². The summed E-state index contributed by atoms with van der Waals surface area (Å²) in [4.78, 5) is 16.8. The Balaban J connectivity index is 2.13. The predicted molar refractivity (Wildman–Crippen MR) is 87.2 cm³/mol. The van der Waals surface area contributed by atoms with E-state index in [1.165, 1.54) is 6.33 Å². The van der Waals surface area contributed by atoms with Crippen LogP contribution in [0.4, 0.5) is 5.95 Å². The van der Waals surface area contributed by atoms with Crippen molar-refractivity contribution in [2.24, 2.45) is 0 Å². The number of ether oxygens (including phenoxy) is 1. The molecule has 0 aliphatic carbocycles. The number of carbonyl (C=O) groups is 1. The third kappa shape index (κ3) is 2.94. The zero-order valence-electron chi connectivity index (χ0n) is 13.1. The van der Waals surface area contributed by atoms with E-state index in [4.69, 9.17) is 16.3 Å². The van der Waals surface area contributed by atoms with Crippen molar-refractivity contribution in [3.05, 3.63) is 52.4 Å². The molecule has 0 unspecified atom stereocenters. The van der Waals surface area contributed by atoms with Gasteiger partial charge in [0.25, 0.3) is 0 Å². The van der Waals surface area contributed by atoms with Gasteiger partial charge in [0.05, 0.1) is 11.7 Å². The lowest BCUT2D eigenvalue weighted by Gasteiger charge is -2.28. The molecule has 23 heavy (non-hydrogen) atoms. The number of allylic oxidation sites excluding steroid dienone is 1. The maximum atomic E-state index is 12.6. The highest BCUT2D eigenvalue weighted by Crippen LogP contribution is 2.35. The fourth-order valence-corrected chi connectivity index (χ4v) is 2.82. The highest BCUT2D eigenvalue weighted by atomic mass is 35.5. The van der Waals surface area contributed by atoms with Gasteiger partial charge >= 0.3 is 5.97 Å². The molecule has 120 valence electrons. The molecule has 0 amide bonds. The number of aromatic nitrogens is 3. The summed E-state index contributed by atoms with van der Waals surface area (Å²) in [5, 5.41) is 7.94. The largest absolute Gasteiger partial charge is 0.459 e. The van der Waals surface area contributed by atoms with Gasteiger partial charge in [-0.2, -0.15) is 10.1 Å². The van der Waals surface area contributed by atoms with Crippen LogP contribution in [0.5, 0.6) is 0 Å². The molecule has 1 atom stereocenters. The van der Waals surface area contributed by atoms with Gasteiger partial charge < -0.3 is 10.1 Å². The van der Waals surface area contributed by atoms with Crippen molar-refractivity contribution in [3.8, 4) is 0 Å². The molecule has 0 saturated carbocycles. The molecule has 6 nitrogen and oxygen atoms in total. The summed E-state index contributed by atoms with van der Waals surface area (Å²) >= 11 is 6.12. The molecule has 0 spiro atoms. The molecule has 0 radical (unpaired) electrons. The minimum Gasteiger partial charge on any atom is -0.459 e. The van der Waals surface area contributed by atoms with Crippen LogP contribution in [0.1, 0.15) is 32.4 Å². The van der Waals surface area contributed by atoms with Crippen LogP contribution < -0.4 is 5.32 Å². The number of anilines is 1. The van der Waals surface area contributed by atoms with E-state index < -0.39 is 6.04 Å². The Labute approximate surface area is 139 Å². The van der Waals surface area contributed by atoms with Crippen LogP contribution in [-0.2, 0) is 9.53 Å². The summed E-state index contributed by atoms with van der Waals surface area (Å²) in [7, 11) is 0. The van der Waals surface area contributed by atoms with Crippen molar-refractivity contribution >= 4 is 23.5 Å². The number of halogens is 1. The standard InChI is InChI=1S/C16H17ClN4O2/c1-9(2)23-15(22)13-10(3)20-16-18-8-19-21(16)14(13)11-5-4-6-12(17)7-11/h4-9,14H,1-3H3,(H,18,19,20)/t14-/m0/s1. The first-order valence-electron chi connectivity index (χ1n) is 7.31. The molecule has 1 aromatic carbocycles. The van der Waals surface area contributed by atoms with Crippen molar-refractivity contribution in [2.45, 2.75) is 32.9 Å². The molecule has 2 heterocycles. The molecule has 2 aromatic rings. The molecule has 1 aliphatic heterocycles. The SMILES string of the molecule is CC1=C(C(=O)OC(C)C)[C@H](c2cccc(Cl)c2)n2ncnc2N1. The number of rotatable bonds is 3. The van der Waals surface area contributed by atoms with Gasteiger partial charge in [-0.25, -0.2) is 9.48 Å². The van der Waals surface area contributed by atoms with E-state index in [1.54, 1.807) is 10.7 Å². The quantitative estimate of drug-likeness (QED) is 0.874. The maximum absolute atomic E-state index is 12.6. The van der Waals surface area contributed by atoms with Crippen LogP contribution in [-0.4, -0.2) is 26.8 Å². The molecule has 0 fully saturated rings. The Morgan fingerprint density at radius 3 is 2.91 bits per heavy atom. The second-order valence-electron chi connectivity index (χ2n) is 5.60.